The van der Waals surface area contributed by atoms with Crippen molar-refractivity contribution >= 4 is 11.8 Å². The standard InChI is InChI=1S/C19H24N4O4/c1-2-26-8-7-23-11-19-5-3-14(27-19)15(16(19)18(23)25)17(24)22-6-4-13-12(10-22)9-20-21-13/h3,5,9,14-16H,2,4,6-8,10-11H2,1H3,(H,20,21)/t14-,15+,16+,19-/m0/s1. The third kappa shape index (κ3) is 2.46. The van der Waals surface area contributed by atoms with Gasteiger partial charge in [0.25, 0.3) is 0 Å². The molecule has 1 aromatic heterocycles. The van der Waals surface area contributed by atoms with Crippen molar-refractivity contribution in [2.24, 2.45) is 11.8 Å². The highest BCUT2D eigenvalue weighted by molar-refractivity contribution is 5.93. The first-order valence-corrected chi connectivity index (χ1v) is 9.66. The number of nitrogens with zero attached hydrogens (tertiary/aromatic N) is 3. The van der Waals surface area contributed by atoms with Crippen molar-refractivity contribution in [3.8, 4) is 0 Å². The van der Waals surface area contributed by atoms with Crippen molar-refractivity contribution < 1.29 is 19.1 Å². The van der Waals surface area contributed by atoms with Gasteiger partial charge in [-0.15, -0.1) is 0 Å². The van der Waals surface area contributed by atoms with E-state index in [0.717, 1.165) is 17.7 Å². The fraction of sp³-hybridized carbons (Fsp3) is 0.632. The zero-order chi connectivity index (χ0) is 18.6. The minimum atomic E-state index is -0.648. The second-order valence-electron chi connectivity index (χ2n) is 7.74. The molecule has 0 unspecified atom stereocenters. The molecule has 4 aliphatic rings. The summed E-state index contributed by atoms with van der Waals surface area (Å²) in [6.45, 7) is 5.29. The van der Waals surface area contributed by atoms with Gasteiger partial charge in [-0.1, -0.05) is 12.2 Å². The maximum atomic E-state index is 13.4. The summed E-state index contributed by atoms with van der Waals surface area (Å²) in [5.74, 6) is -0.829. The van der Waals surface area contributed by atoms with E-state index in [2.05, 4.69) is 10.2 Å². The molecule has 4 aliphatic heterocycles. The molecular formula is C19H24N4O4. The van der Waals surface area contributed by atoms with Gasteiger partial charge in [0.1, 0.15) is 5.60 Å². The van der Waals surface area contributed by atoms with E-state index in [4.69, 9.17) is 9.47 Å². The molecule has 0 saturated carbocycles. The molecule has 1 aromatic rings. The van der Waals surface area contributed by atoms with E-state index in [1.54, 1.807) is 11.1 Å². The summed E-state index contributed by atoms with van der Waals surface area (Å²) < 4.78 is 11.6. The number of aromatic amines is 1. The van der Waals surface area contributed by atoms with Gasteiger partial charge in [-0.2, -0.15) is 5.10 Å². The Kier molecular flexibility index (Phi) is 3.87. The number of carbonyl (C=O) groups is 2. The topological polar surface area (TPSA) is 87.8 Å². The van der Waals surface area contributed by atoms with E-state index in [1.165, 1.54) is 0 Å². The molecule has 1 N–H and O–H groups in total. The molecule has 2 fully saturated rings. The van der Waals surface area contributed by atoms with Gasteiger partial charge in [0.15, 0.2) is 0 Å². The Hall–Kier alpha value is -2.19. The van der Waals surface area contributed by atoms with Gasteiger partial charge >= 0.3 is 0 Å². The van der Waals surface area contributed by atoms with Crippen molar-refractivity contribution in [1.29, 1.82) is 0 Å². The van der Waals surface area contributed by atoms with Gasteiger partial charge in [0.2, 0.25) is 11.8 Å². The highest BCUT2D eigenvalue weighted by Gasteiger charge is 2.67. The van der Waals surface area contributed by atoms with E-state index in [9.17, 15) is 9.59 Å². The fourth-order valence-electron chi connectivity index (χ4n) is 4.99. The van der Waals surface area contributed by atoms with Crippen LogP contribution in [0.2, 0.25) is 0 Å². The minimum absolute atomic E-state index is 0.0147. The van der Waals surface area contributed by atoms with Crippen LogP contribution in [0.4, 0.5) is 0 Å². The van der Waals surface area contributed by atoms with Crippen molar-refractivity contribution in [2.75, 3.05) is 32.8 Å². The highest BCUT2D eigenvalue weighted by Crippen LogP contribution is 2.52. The van der Waals surface area contributed by atoms with Crippen LogP contribution in [0, 0.1) is 11.8 Å². The van der Waals surface area contributed by atoms with E-state index in [0.29, 0.717) is 39.4 Å². The lowest BCUT2D eigenvalue weighted by Crippen LogP contribution is -2.47. The van der Waals surface area contributed by atoms with Crippen molar-refractivity contribution in [3.63, 3.8) is 0 Å². The summed E-state index contributed by atoms with van der Waals surface area (Å²) in [6, 6.07) is 0. The molecule has 1 spiro atoms. The zero-order valence-electron chi connectivity index (χ0n) is 15.4. The summed E-state index contributed by atoms with van der Waals surface area (Å²) in [5.41, 5.74) is 1.50. The van der Waals surface area contributed by atoms with Crippen LogP contribution < -0.4 is 0 Å². The monoisotopic (exact) mass is 372 g/mol. The Balaban J connectivity index is 1.36. The Labute approximate surface area is 157 Å². The van der Waals surface area contributed by atoms with Gasteiger partial charge in [-0.05, 0) is 6.92 Å². The molecule has 0 aromatic carbocycles. The number of hydrogen-bond acceptors (Lipinski definition) is 5. The average Bonchev–Trinajstić information content (AvgIpc) is 3.42. The third-order valence-corrected chi connectivity index (χ3v) is 6.29. The Morgan fingerprint density at radius 1 is 1.52 bits per heavy atom. The fourth-order valence-corrected chi connectivity index (χ4v) is 4.99. The predicted octanol–water partition coefficient (Wildman–Crippen LogP) is 0.113. The van der Waals surface area contributed by atoms with Crippen molar-refractivity contribution in [2.45, 2.75) is 31.6 Å². The van der Waals surface area contributed by atoms with E-state index in [1.807, 2.05) is 24.0 Å². The molecule has 5 rings (SSSR count). The van der Waals surface area contributed by atoms with E-state index >= 15 is 0 Å². The van der Waals surface area contributed by atoms with Crippen molar-refractivity contribution in [3.05, 3.63) is 29.6 Å². The molecule has 27 heavy (non-hydrogen) atoms. The lowest BCUT2D eigenvalue weighted by Gasteiger charge is -2.32. The maximum absolute atomic E-state index is 13.4. The Morgan fingerprint density at radius 2 is 2.41 bits per heavy atom. The van der Waals surface area contributed by atoms with Crippen LogP contribution in [-0.2, 0) is 32.0 Å². The van der Waals surface area contributed by atoms with Crippen LogP contribution in [0.5, 0.6) is 0 Å². The van der Waals surface area contributed by atoms with Crippen LogP contribution in [0.15, 0.2) is 18.3 Å². The van der Waals surface area contributed by atoms with Crippen molar-refractivity contribution in [1.82, 2.24) is 20.0 Å². The van der Waals surface area contributed by atoms with E-state index < -0.39 is 17.4 Å². The van der Waals surface area contributed by atoms with Crippen LogP contribution in [-0.4, -0.2) is 76.4 Å². The van der Waals surface area contributed by atoms with Crippen LogP contribution in [0.25, 0.3) is 0 Å². The number of likely N-dealkylation sites (tertiary alicyclic amines) is 1. The summed E-state index contributed by atoms with van der Waals surface area (Å²) in [7, 11) is 0. The SMILES string of the molecule is CCOCCN1C[C@]23C=C[C@H](O2)[C@@H](C(=O)N2CCc4[nH]ncc4C2)[C@@H]3C1=O. The number of aromatic nitrogens is 2. The highest BCUT2D eigenvalue weighted by atomic mass is 16.5. The maximum Gasteiger partial charge on any atom is 0.230 e. The number of H-pyrrole nitrogens is 1. The van der Waals surface area contributed by atoms with Gasteiger partial charge in [0, 0.05) is 43.9 Å². The molecule has 2 saturated heterocycles. The zero-order valence-corrected chi connectivity index (χ0v) is 15.4. The molecule has 2 bridgehead atoms. The van der Waals surface area contributed by atoms with Gasteiger partial charge in [-0.3, -0.25) is 14.7 Å². The molecule has 4 atom stereocenters. The molecule has 0 radical (unpaired) electrons. The molecule has 8 nitrogen and oxygen atoms in total. The lowest BCUT2D eigenvalue weighted by molar-refractivity contribution is -0.144. The number of hydrogen-bond donors (Lipinski definition) is 1. The molecule has 144 valence electrons. The number of fused-ring (bicyclic) bond motifs is 2. The molecule has 0 aliphatic carbocycles. The molecular weight excluding hydrogens is 348 g/mol. The number of amides is 2. The number of ether oxygens (including phenoxy) is 2. The first-order valence-electron chi connectivity index (χ1n) is 9.66. The Morgan fingerprint density at radius 3 is 3.26 bits per heavy atom. The van der Waals surface area contributed by atoms with Crippen LogP contribution in [0.3, 0.4) is 0 Å². The number of rotatable bonds is 5. The summed E-state index contributed by atoms with van der Waals surface area (Å²) in [5, 5.41) is 7.06. The lowest BCUT2D eigenvalue weighted by atomic mass is 9.76. The normalized spacial score (nSPS) is 33.7. The second kappa shape index (κ2) is 6.17. The molecule has 8 heteroatoms. The van der Waals surface area contributed by atoms with Gasteiger partial charge in [-0.25, -0.2) is 0 Å². The van der Waals surface area contributed by atoms with E-state index in [-0.39, 0.29) is 17.9 Å². The van der Waals surface area contributed by atoms with Gasteiger partial charge < -0.3 is 19.3 Å². The predicted molar refractivity (Wildman–Crippen MR) is 94.5 cm³/mol. The van der Waals surface area contributed by atoms with Crippen LogP contribution >= 0.6 is 0 Å². The smallest absolute Gasteiger partial charge is 0.230 e. The average molecular weight is 372 g/mol. The second-order valence-corrected chi connectivity index (χ2v) is 7.74. The van der Waals surface area contributed by atoms with Crippen LogP contribution in [0.1, 0.15) is 18.2 Å². The number of carbonyl (C=O) groups excluding carboxylic acids is 2. The molecule has 5 heterocycles. The summed E-state index contributed by atoms with van der Waals surface area (Å²) in [4.78, 5) is 30.1. The third-order valence-electron chi connectivity index (χ3n) is 6.29. The summed E-state index contributed by atoms with van der Waals surface area (Å²) in [6.07, 6.45) is 6.20. The summed E-state index contributed by atoms with van der Waals surface area (Å²) >= 11 is 0. The first kappa shape index (κ1) is 16.9. The first-order chi connectivity index (χ1) is 13.1. The minimum Gasteiger partial charge on any atom is -0.380 e. The number of nitrogens with one attached hydrogen (secondary N) is 1. The molecule has 2 amide bonds. The largest absolute Gasteiger partial charge is 0.380 e. The Bertz CT molecular complexity index is 805. The quantitative estimate of drug-likeness (QED) is 0.586. The van der Waals surface area contributed by atoms with Gasteiger partial charge in [0.05, 0.1) is 37.3 Å².